The number of guanidine groups is 1. The number of furan rings is 1. The van der Waals surface area contributed by atoms with Crippen molar-refractivity contribution in [2.24, 2.45) is 4.99 Å². The molecule has 7 heteroatoms. The predicted molar refractivity (Wildman–Crippen MR) is 96.5 cm³/mol. The topological polar surface area (TPSA) is 76.6 Å². The Labute approximate surface area is 148 Å². The van der Waals surface area contributed by atoms with Crippen LogP contribution in [0.4, 0.5) is 0 Å². The van der Waals surface area contributed by atoms with Gasteiger partial charge in [0.2, 0.25) is 0 Å². The molecule has 25 heavy (non-hydrogen) atoms. The van der Waals surface area contributed by atoms with Crippen molar-refractivity contribution < 1.29 is 9.15 Å². The van der Waals surface area contributed by atoms with E-state index < -0.39 is 0 Å². The predicted octanol–water partition coefficient (Wildman–Crippen LogP) is 1.82. The molecule has 1 saturated heterocycles. The molecule has 7 nitrogen and oxygen atoms in total. The third-order valence-corrected chi connectivity index (χ3v) is 4.14. The van der Waals surface area contributed by atoms with E-state index in [1.807, 2.05) is 29.1 Å². The molecule has 0 radical (unpaired) electrons. The minimum absolute atomic E-state index is 0.257. The van der Waals surface area contributed by atoms with Gasteiger partial charge in [0.05, 0.1) is 18.9 Å². The number of aliphatic imine (C=N–C) groups is 1. The molecule has 0 spiro atoms. The van der Waals surface area contributed by atoms with E-state index in [0.29, 0.717) is 6.54 Å². The lowest BCUT2D eigenvalue weighted by Gasteiger charge is -2.14. The maximum absolute atomic E-state index is 5.65. The third kappa shape index (κ3) is 6.26. The molecule has 1 unspecified atom stereocenters. The number of ether oxygens (including phenoxy) is 1. The number of nitrogens with zero attached hydrogens (tertiary/aromatic N) is 3. The largest absolute Gasteiger partial charge is 0.469 e. The molecule has 1 atom stereocenters. The van der Waals surface area contributed by atoms with Gasteiger partial charge in [0.1, 0.15) is 5.76 Å². The van der Waals surface area contributed by atoms with E-state index in [9.17, 15) is 0 Å². The van der Waals surface area contributed by atoms with Crippen molar-refractivity contribution in [2.45, 2.75) is 38.3 Å². The minimum atomic E-state index is 0.257. The first kappa shape index (κ1) is 17.5. The van der Waals surface area contributed by atoms with Gasteiger partial charge in [0.25, 0.3) is 0 Å². The average molecular weight is 345 g/mol. The molecule has 136 valence electrons. The molecule has 0 aromatic carbocycles. The van der Waals surface area contributed by atoms with Gasteiger partial charge in [-0.05, 0) is 37.5 Å². The molecule has 0 bridgehead atoms. The minimum Gasteiger partial charge on any atom is -0.469 e. The van der Waals surface area contributed by atoms with Crippen LogP contribution in [0.3, 0.4) is 0 Å². The van der Waals surface area contributed by atoms with Gasteiger partial charge in [-0.15, -0.1) is 0 Å². The van der Waals surface area contributed by atoms with Crippen molar-refractivity contribution in [3.8, 4) is 0 Å². The first-order valence-electron chi connectivity index (χ1n) is 9.04. The summed E-state index contributed by atoms with van der Waals surface area (Å²) in [5, 5.41) is 11.0. The summed E-state index contributed by atoms with van der Waals surface area (Å²) in [6.45, 7) is 4.08. The quantitative estimate of drug-likeness (QED) is 0.412. The highest BCUT2D eigenvalue weighted by Crippen LogP contribution is 2.11. The van der Waals surface area contributed by atoms with Crippen LogP contribution in [0.5, 0.6) is 0 Å². The van der Waals surface area contributed by atoms with Gasteiger partial charge >= 0.3 is 0 Å². The maximum Gasteiger partial charge on any atom is 0.191 e. The van der Waals surface area contributed by atoms with E-state index in [0.717, 1.165) is 63.6 Å². The Morgan fingerprint density at radius 3 is 3.04 bits per heavy atom. The lowest BCUT2D eigenvalue weighted by molar-refractivity contribution is 0.117. The average Bonchev–Trinajstić information content (AvgIpc) is 3.39. The molecule has 3 heterocycles. The molecular formula is C18H27N5O2. The van der Waals surface area contributed by atoms with Crippen LogP contribution in [0.15, 0.2) is 46.3 Å². The first-order chi connectivity index (χ1) is 12.4. The molecule has 1 fully saturated rings. The third-order valence-electron chi connectivity index (χ3n) is 4.14. The fraction of sp³-hybridized carbons (Fsp3) is 0.556. The van der Waals surface area contributed by atoms with Crippen LogP contribution in [0, 0.1) is 0 Å². The highest BCUT2D eigenvalue weighted by molar-refractivity contribution is 5.79. The van der Waals surface area contributed by atoms with Crippen LogP contribution in [-0.4, -0.2) is 48.1 Å². The Hall–Kier alpha value is -2.28. The summed E-state index contributed by atoms with van der Waals surface area (Å²) in [7, 11) is 0. The van der Waals surface area contributed by atoms with E-state index in [4.69, 9.17) is 9.15 Å². The fourth-order valence-electron chi connectivity index (χ4n) is 2.80. The van der Waals surface area contributed by atoms with Crippen LogP contribution in [-0.2, 0) is 17.7 Å². The van der Waals surface area contributed by atoms with Crippen LogP contribution in [0.1, 0.15) is 25.0 Å². The van der Waals surface area contributed by atoms with Gasteiger partial charge < -0.3 is 19.8 Å². The Kier molecular flexibility index (Phi) is 6.93. The number of aryl methyl sites for hydroxylation is 1. The van der Waals surface area contributed by atoms with Gasteiger partial charge in [0.15, 0.2) is 5.96 Å². The van der Waals surface area contributed by atoms with E-state index in [1.165, 1.54) is 0 Å². The summed E-state index contributed by atoms with van der Waals surface area (Å²) in [4.78, 5) is 4.68. The SMILES string of the molecule is c1coc(CCNC(=NCC2CCCO2)NCCCn2cccn2)c1. The van der Waals surface area contributed by atoms with Crippen molar-refractivity contribution in [1.29, 1.82) is 0 Å². The zero-order valence-corrected chi connectivity index (χ0v) is 14.6. The molecule has 3 rings (SSSR count). The fourth-order valence-corrected chi connectivity index (χ4v) is 2.80. The number of hydrogen-bond donors (Lipinski definition) is 2. The standard InChI is InChI=1S/C18H27N5O2/c1-5-16(24-13-1)7-10-20-18(21-15-17-6-2-14-25-17)19-8-3-11-23-12-4-9-22-23/h1,4-5,9,12-13,17H,2-3,6-8,10-11,14-15H2,(H2,19,20,21). The van der Waals surface area contributed by atoms with Crippen molar-refractivity contribution in [3.05, 3.63) is 42.6 Å². The molecule has 1 aliphatic heterocycles. The Morgan fingerprint density at radius 2 is 2.28 bits per heavy atom. The van der Waals surface area contributed by atoms with Gasteiger partial charge in [-0.3, -0.25) is 9.67 Å². The van der Waals surface area contributed by atoms with E-state index in [2.05, 4.69) is 20.7 Å². The van der Waals surface area contributed by atoms with Crippen LogP contribution in [0.25, 0.3) is 0 Å². The summed E-state index contributed by atoms with van der Waals surface area (Å²) >= 11 is 0. The summed E-state index contributed by atoms with van der Waals surface area (Å²) < 4.78 is 13.0. The van der Waals surface area contributed by atoms with Crippen molar-refractivity contribution in [3.63, 3.8) is 0 Å². The number of nitrogens with one attached hydrogen (secondary N) is 2. The molecular weight excluding hydrogens is 318 g/mol. The van der Waals surface area contributed by atoms with Crippen LogP contribution < -0.4 is 10.6 Å². The van der Waals surface area contributed by atoms with Gasteiger partial charge in [-0.2, -0.15) is 5.10 Å². The molecule has 2 aromatic rings. The highest BCUT2D eigenvalue weighted by Gasteiger charge is 2.14. The molecule has 0 aliphatic carbocycles. The summed E-state index contributed by atoms with van der Waals surface area (Å²) in [5.41, 5.74) is 0. The molecule has 0 amide bonds. The monoisotopic (exact) mass is 345 g/mol. The lowest BCUT2D eigenvalue weighted by Crippen LogP contribution is -2.39. The van der Waals surface area contributed by atoms with Gasteiger partial charge in [-0.25, -0.2) is 0 Å². The van der Waals surface area contributed by atoms with E-state index in [1.54, 1.807) is 12.5 Å². The second kappa shape index (κ2) is 9.88. The summed E-state index contributed by atoms with van der Waals surface area (Å²) in [6.07, 6.45) is 9.80. The lowest BCUT2D eigenvalue weighted by atomic mass is 10.2. The van der Waals surface area contributed by atoms with E-state index in [-0.39, 0.29) is 6.10 Å². The second-order valence-electron chi connectivity index (χ2n) is 6.13. The number of aromatic nitrogens is 2. The number of hydrogen-bond acceptors (Lipinski definition) is 4. The van der Waals surface area contributed by atoms with Crippen molar-refractivity contribution in [1.82, 2.24) is 20.4 Å². The van der Waals surface area contributed by atoms with Gasteiger partial charge in [-0.1, -0.05) is 0 Å². The Bertz CT molecular complexity index is 603. The summed E-state index contributed by atoms with van der Waals surface area (Å²) in [5.74, 6) is 1.81. The molecule has 2 N–H and O–H groups in total. The smallest absolute Gasteiger partial charge is 0.191 e. The highest BCUT2D eigenvalue weighted by atomic mass is 16.5. The first-order valence-corrected chi connectivity index (χ1v) is 9.04. The maximum atomic E-state index is 5.65. The van der Waals surface area contributed by atoms with Crippen molar-refractivity contribution >= 4 is 5.96 Å². The molecule has 1 aliphatic rings. The van der Waals surface area contributed by atoms with Crippen LogP contribution in [0.2, 0.25) is 0 Å². The molecule has 0 saturated carbocycles. The molecule has 2 aromatic heterocycles. The second-order valence-corrected chi connectivity index (χ2v) is 6.13. The van der Waals surface area contributed by atoms with Crippen LogP contribution >= 0.6 is 0 Å². The Balaban J connectivity index is 1.41. The normalized spacial score (nSPS) is 17.8. The van der Waals surface area contributed by atoms with Gasteiger partial charge in [0, 0.05) is 45.1 Å². The summed E-state index contributed by atoms with van der Waals surface area (Å²) in [6, 6.07) is 5.84. The Morgan fingerprint density at radius 1 is 1.32 bits per heavy atom. The number of rotatable bonds is 9. The van der Waals surface area contributed by atoms with E-state index >= 15 is 0 Å². The zero-order valence-electron chi connectivity index (χ0n) is 14.6. The van der Waals surface area contributed by atoms with Crippen molar-refractivity contribution in [2.75, 3.05) is 26.2 Å². The zero-order chi connectivity index (χ0) is 17.2.